The summed E-state index contributed by atoms with van der Waals surface area (Å²) in [5.74, 6) is 1.01. The first-order valence-corrected chi connectivity index (χ1v) is 10.3. The topological polar surface area (TPSA) is 89.5 Å². The summed E-state index contributed by atoms with van der Waals surface area (Å²) < 4.78 is 8.07. The quantitative estimate of drug-likeness (QED) is 0.567. The highest BCUT2D eigenvalue weighted by molar-refractivity contribution is 5.99. The Hall–Kier alpha value is -3.25. The second-order valence-corrected chi connectivity index (χ2v) is 7.83. The third-order valence-electron chi connectivity index (χ3n) is 5.62. The third kappa shape index (κ3) is 4.33. The molecule has 0 radical (unpaired) electrons. The number of benzene rings is 2. The van der Waals surface area contributed by atoms with Crippen LogP contribution in [0.5, 0.6) is 11.6 Å². The van der Waals surface area contributed by atoms with Crippen LogP contribution in [0, 0.1) is 6.92 Å². The highest BCUT2D eigenvalue weighted by Gasteiger charge is 2.21. The maximum Gasteiger partial charge on any atom is 0.250 e. The number of rotatable bonds is 6. The largest absolute Gasteiger partial charge is 0.440 e. The number of nitrogens with two attached hydrogens (primary N) is 1. The molecule has 0 aliphatic heterocycles. The molecule has 30 heavy (non-hydrogen) atoms. The minimum absolute atomic E-state index is 0.203. The number of nitrogens with one attached hydrogen (secondary N) is 1. The zero-order chi connectivity index (χ0) is 21.1. The number of amides is 1. The lowest BCUT2D eigenvalue weighted by Crippen LogP contribution is -2.29. The Kier molecular flexibility index (Phi) is 5.77. The average Bonchev–Trinajstić information content (AvgIpc) is 3.19. The predicted molar refractivity (Wildman–Crippen MR) is 117 cm³/mol. The van der Waals surface area contributed by atoms with Gasteiger partial charge in [0.05, 0.1) is 17.4 Å². The normalized spacial score (nSPS) is 18.7. The summed E-state index contributed by atoms with van der Waals surface area (Å²) in [5.41, 5.74) is 8.69. The van der Waals surface area contributed by atoms with Gasteiger partial charge in [-0.1, -0.05) is 18.2 Å². The van der Waals surface area contributed by atoms with E-state index in [0.29, 0.717) is 17.1 Å². The maximum atomic E-state index is 12.0. The molecule has 6 heteroatoms. The minimum atomic E-state index is -0.469. The first-order chi connectivity index (χ1) is 14.5. The van der Waals surface area contributed by atoms with E-state index in [9.17, 15) is 9.90 Å². The van der Waals surface area contributed by atoms with Crippen LogP contribution in [0.25, 0.3) is 5.69 Å². The monoisotopic (exact) mass is 405 g/mol. The van der Waals surface area contributed by atoms with Crippen LogP contribution in [0.15, 0.2) is 60.8 Å². The van der Waals surface area contributed by atoms with Gasteiger partial charge in [-0.05, 0) is 68.5 Å². The van der Waals surface area contributed by atoms with E-state index < -0.39 is 5.91 Å². The fraction of sp³-hybridized carbons (Fsp3) is 0.292. The molecule has 1 aliphatic rings. The molecule has 0 bridgehead atoms. The summed E-state index contributed by atoms with van der Waals surface area (Å²) in [6.45, 7) is 2.01. The number of carbonyl (C=O) groups is 1. The molecule has 0 saturated heterocycles. The van der Waals surface area contributed by atoms with Crippen molar-refractivity contribution in [3.05, 3.63) is 71.9 Å². The second kappa shape index (κ2) is 8.63. The molecule has 0 atom stereocenters. The Morgan fingerprint density at radius 2 is 1.87 bits per heavy atom. The van der Waals surface area contributed by atoms with Crippen LogP contribution in [0.3, 0.4) is 0 Å². The number of para-hydroxylation sites is 1. The molecular formula is C24H27N3O3. The number of carbonyl (C=O) groups excluding carboxylic acids is 1. The van der Waals surface area contributed by atoms with Crippen molar-refractivity contribution in [2.45, 2.75) is 44.8 Å². The predicted octanol–water partition coefficient (Wildman–Crippen LogP) is 4.39. The molecule has 1 fully saturated rings. The molecule has 6 nitrogen and oxygen atoms in total. The van der Waals surface area contributed by atoms with Crippen molar-refractivity contribution in [1.82, 2.24) is 4.57 Å². The van der Waals surface area contributed by atoms with E-state index in [-0.39, 0.29) is 12.1 Å². The average molecular weight is 405 g/mol. The third-order valence-corrected chi connectivity index (χ3v) is 5.62. The lowest BCUT2D eigenvalue weighted by Gasteiger charge is -2.28. The second-order valence-electron chi connectivity index (χ2n) is 7.83. The van der Waals surface area contributed by atoms with E-state index in [1.807, 2.05) is 66.2 Å². The Labute approximate surface area is 176 Å². The van der Waals surface area contributed by atoms with Gasteiger partial charge >= 0.3 is 0 Å². The number of primary amides is 1. The van der Waals surface area contributed by atoms with Crippen LogP contribution in [-0.2, 0) is 0 Å². The van der Waals surface area contributed by atoms with Gasteiger partial charge in [-0.15, -0.1) is 0 Å². The van der Waals surface area contributed by atoms with Crippen molar-refractivity contribution in [3.63, 3.8) is 0 Å². The molecule has 3 aromatic rings. The van der Waals surface area contributed by atoms with Crippen molar-refractivity contribution >= 4 is 11.6 Å². The van der Waals surface area contributed by atoms with Gasteiger partial charge in [-0.3, -0.25) is 9.36 Å². The van der Waals surface area contributed by atoms with Crippen LogP contribution in [0.2, 0.25) is 0 Å². The Morgan fingerprint density at radius 3 is 2.60 bits per heavy atom. The lowest BCUT2D eigenvalue weighted by molar-refractivity contribution is 0.100. The molecule has 4 rings (SSSR count). The van der Waals surface area contributed by atoms with E-state index in [4.69, 9.17) is 10.5 Å². The Morgan fingerprint density at radius 1 is 1.10 bits per heavy atom. The van der Waals surface area contributed by atoms with Gasteiger partial charge in [-0.2, -0.15) is 0 Å². The minimum Gasteiger partial charge on any atom is -0.440 e. The van der Waals surface area contributed by atoms with E-state index in [2.05, 4.69) is 5.32 Å². The molecule has 1 saturated carbocycles. The standard InChI is InChI=1S/C24H27N3O3/c1-16-5-2-3-6-22(16)30-23-7-4-14-27(23)18-10-13-20(24(25)29)21(15-18)26-17-8-11-19(28)12-9-17/h2-7,10,13-15,17,19,26,28H,8-9,11-12H2,1H3,(H2,25,29)/t17-,19-. The molecule has 1 amide bonds. The van der Waals surface area contributed by atoms with Crippen molar-refractivity contribution < 1.29 is 14.6 Å². The molecule has 1 heterocycles. The van der Waals surface area contributed by atoms with Crippen LogP contribution < -0.4 is 15.8 Å². The van der Waals surface area contributed by atoms with E-state index in [1.165, 1.54) is 0 Å². The van der Waals surface area contributed by atoms with Gasteiger partial charge in [0.2, 0.25) is 5.88 Å². The molecule has 1 aromatic heterocycles. The van der Waals surface area contributed by atoms with Gasteiger partial charge in [0, 0.05) is 24.0 Å². The van der Waals surface area contributed by atoms with Gasteiger partial charge < -0.3 is 20.9 Å². The zero-order valence-corrected chi connectivity index (χ0v) is 17.0. The van der Waals surface area contributed by atoms with Crippen molar-refractivity contribution in [1.29, 1.82) is 0 Å². The maximum absolute atomic E-state index is 12.0. The number of hydrogen-bond donors (Lipinski definition) is 3. The Bertz CT molecular complexity index is 1040. The van der Waals surface area contributed by atoms with E-state index in [0.717, 1.165) is 42.7 Å². The smallest absolute Gasteiger partial charge is 0.250 e. The fourth-order valence-corrected chi connectivity index (χ4v) is 3.90. The zero-order valence-electron chi connectivity index (χ0n) is 17.0. The van der Waals surface area contributed by atoms with Gasteiger partial charge in [0.25, 0.3) is 5.91 Å². The molecule has 156 valence electrons. The SMILES string of the molecule is Cc1ccccc1Oc1cccn1-c1ccc(C(N)=O)c(N[C@H]2CC[C@H](O)CC2)c1. The number of anilines is 1. The summed E-state index contributed by atoms with van der Waals surface area (Å²) in [5, 5.41) is 13.2. The van der Waals surface area contributed by atoms with Crippen LogP contribution in [-0.4, -0.2) is 27.7 Å². The molecule has 0 unspecified atom stereocenters. The molecule has 2 aromatic carbocycles. The van der Waals surface area contributed by atoms with Crippen molar-refractivity contribution in [3.8, 4) is 17.3 Å². The summed E-state index contributed by atoms with van der Waals surface area (Å²) in [6, 6.07) is 17.4. The van der Waals surface area contributed by atoms with Crippen molar-refractivity contribution in [2.75, 3.05) is 5.32 Å². The molecule has 4 N–H and O–H groups in total. The first kappa shape index (κ1) is 20.0. The number of aliphatic hydroxyl groups excluding tert-OH is 1. The van der Waals surface area contributed by atoms with Crippen LogP contribution in [0.1, 0.15) is 41.6 Å². The van der Waals surface area contributed by atoms with Crippen LogP contribution in [0.4, 0.5) is 5.69 Å². The number of aromatic nitrogens is 1. The van der Waals surface area contributed by atoms with E-state index in [1.54, 1.807) is 6.07 Å². The molecular weight excluding hydrogens is 378 g/mol. The van der Waals surface area contributed by atoms with Gasteiger partial charge in [-0.25, -0.2) is 0 Å². The van der Waals surface area contributed by atoms with Gasteiger partial charge in [0.1, 0.15) is 5.75 Å². The number of ether oxygens (including phenoxy) is 1. The highest BCUT2D eigenvalue weighted by Crippen LogP contribution is 2.30. The summed E-state index contributed by atoms with van der Waals surface area (Å²) >= 11 is 0. The van der Waals surface area contributed by atoms with E-state index >= 15 is 0 Å². The Balaban J connectivity index is 1.63. The van der Waals surface area contributed by atoms with Crippen LogP contribution >= 0.6 is 0 Å². The fourth-order valence-electron chi connectivity index (χ4n) is 3.90. The summed E-state index contributed by atoms with van der Waals surface area (Å²) in [6.07, 6.45) is 4.92. The first-order valence-electron chi connectivity index (χ1n) is 10.3. The molecule has 1 aliphatic carbocycles. The van der Waals surface area contributed by atoms with Gasteiger partial charge in [0.15, 0.2) is 0 Å². The number of nitrogens with zero attached hydrogens (tertiary/aromatic N) is 1. The number of hydrogen-bond acceptors (Lipinski definition) is 4. The summed E-state index contributed by atoms with van der Waals surface area (Å²) in [4.78, 5) is 12.0. The summed E-state index contributed by atoms with van der Waals surface area (Å²) in [7, 11) is 0. The lowest BCUT2D eigenvalue weighted by atomic mass is 9.92. The number of aryl methyl sites for hydroxylation is 1. The van der Waals surface area contributed by atoms with Crippen molar-refractivity contribution in [2.24, 2.45) is 5.73 Å². The number of aliphatic hydroxyl groups is 1. The highest BCUT2D eigenvalue weighted by atomic mass is 16.5. The molecule has 0 spiro atoms.